The second kappa shape index (κ2) is 7.05. The lowest BCUT2D eigenvalue weighted by atomic mass is 10.1. The maximum absolute atomic E-state index is 12.3. The molecule has 0 atom stereocenters. The van der Waals surface area contributed by atoms with Gasteiger partial charge in [0.15, 0.2) is 0 Å². The van der Waals surface area contributed by atoms with E-state index in [1.807, 2.05) is 54.3 Å². The van der Waals surface area contributed by atoms with Gasteiger partial charge in [-0.3, -0.25) is 4.79 Å². The van der Waals surface area contributed by atoms with Gasteiger partial charge in [0.05, 0.1) is 5.02 Å². The van der Waals surface area contributed by atoms with Gasteiger partial charge in [-0.1, -0.05) is 29.8 Å². The Morgan fingerprint density at radius 3 is 2.52 bits per heavy atom. The molecule has 2 aromatic carbocycles. The Hall–Kier alpha value is -2.00. The van der Waals surface area contributed by atoms with Gasteiger partial charge in [0, 0.05) is 18.7 Å². The maximum atomic E-state index is 12.3. The van der Waals surface area contributed by atoms with E-state index in [1.165, 1.54) is 0 Å². The van der Waals surface area contributed by atoms with Gasteiger partial charge in [-0.2, -0.15) is 0 Å². The molecule has 2 aromatic rings. The number of carbonyl (C=O) groups is 1. The van der Waals surface area contributed by atoms with Gasteiger partial charge in [0.25, 0.3) is 5.91 Å². The SMILES string of the molecule is Cc1ccc(Cl)c(OCc2ccc(C(=O)N3CCCC3)cc2)c1. The van der Waals surface area contributed by atoms with Crippen LogP contribution in [0.3, 0.4) is 0 Å². The summed E-state index contributed by atoms with van der Waals surface area (Å²) in [4.78, 5) is 14.2. The van der Waals surface area contributed by atoms with Crippen molar-refractivity contribution in [3.05, 3.63) is 64.2 Å². The van der Waals surface area contributed by atoms with Crippen molar-refractivity contribution in [1.29, 1.82) is 0 Å². The average molecular weight is 330 g/mol. The standard InChI is InChI=1S/C19H20ClNO2/c1-14-4-9-17(20)18(12-14)23-13-15-5-7-16(8-6-15)19(22)21-10-2-3-11-21/h4-9,12H,2-3,10-11,13H2,1H3. The molecule has 120 valence electrons. The van der Waals surface area contributed by atoms with E-state index in [9.17, 15) is 4.79 Å². The molecule has 1 fully saturated rings. The van der Waals surface area contributed by atoms with Crippen LogP contribution in [0.5, 0.6) is 5.75 Å². The highest BCUT2D eigenvalue weighted by molar-refractivity contribution is 6.32. The molecule has 1 amide bonds. The predicted octanol–water partition coefficient (Wildman–Crippen LogP) is 4.46. The van der Waals surface area contributed by atoms with Gasteiger partial charge < -0.3 is 9.64 Å². The molecule has 3 nitrogen and oxygen atoms in total. The molecule has 1 aliphatic heterocycles. The predicted molar refractivity (Wildman–Crippen MR) is 92.1 cm³/mol. The third-order valence-electron chi connectivity index (χ3n) is 4.08. The summed E-state index contributed by atoms with van der Waals surface area (Å²) in [6.07, 6.45) is 2.21. The van der Waals surface area contributed by atoms with E-state index in [2.05, 4.69) is 0 Å². The average Bonchev–Trinajstić information content (AvgIpc) is 3.10. The molecule has 0 bridgehead atoms. The van der Waals surface area contributed by atoms with E-state index in [1.54, 1.807) is 0 Å². The van der Waals surface area contributed by atoms with Crippen LogP contribution in [0.2, 0.25) is 5.02 Å². The lowest BCUT2D eigenvalue weighted by molar-refractivity contribution is 0.0793. The zero-order valence-electron chi connectivity index (χ0n) is 13.2. The van der Waals surface area contributed by atoms with E-state index in [0.29, 0.717) is 17.4 Å². The van der Waals surface area contributed by atoms with Crippen LogP contribution in [-0.2, 0) is 6.61 Å². The van der Waals surface area contributed by atoms with Gasteiger partial charge in [0.1, 0.15) is 12.4 Å². The second-order valence-corrected chi connectivity index (χ2v) is 6.33. The lowest BCUT2D eigenvalue weighted by Crippen LogP contribution is -2.27. The fourth-order valence-electron chi connectivity index (χ4n) is 2.73. The number of amides is 1. The first kappa shape index (κ1) is 15.9. The van der Waals surface area contributed by atoms with Crippen LogP contribution in [0.1, 0.15) is 34.3 Å². The molecule has 1 heterocycles. The van der Waals surface area contributed by atoms with Crippen molar-refractivity contribution < 1.29 is 9.53 Å². The zero-order valence-corrected chi connectivity index (χ0v) is 14.0. The van der Waals surface area contributed by atoms with Crippen LogP contribution >= 0.6 is 11.6 Å². The number of ether oxygens (including phenoxy) is 1. The molecular formula is C19H20ClNO2. The third-order valence-corrected chi connectivity index (χ3v) is 4.39. The van der Waals surface area contributed by atoms with Gasteiger partial charge in [-0.05, 0) is 55.2 Å². The van der Waals surface area contributed by atoms with Crippen LogP contribution in [0.15, 0.2) is 42.5 Å². The van der Waals surface area contributed by atoms with E-state index >= 15 is 0 Å². The molecule has 0 spiro atoms. The molecule has 4 heteroatoms. The molecule has 0 aliphatic carbocycles. The Morgan fingerprint density at radius 2 is 1.83 bits per heavy atom. The van der Waals surface area contributed by atoms with Crippen molar-refractivity contribution in [2.75, 3.05) is 13.1 Å². The maximum Gasteiger partial charge on any atom is 0.253 e. The van der Waals surface area contributed by atoms with E-state index in [0.717, 1.165) is 42.6 Å². The fraction of sp³-hybridized carbons (Fsp3) is 0.316. The van der Waals surface area contributed by atoms with Crippen LogP contribution in [0.25, 0.3) is 0 Å². The lowest BCUT2D eigenvalue weighted by Gasteiger charge is -2.15. The molecule has 0 N–H and O–H groups in total. The van der Waals surface area contributed by atoms with Crippen molar-refractivity contribution in [1.82, 2.24) is 4.90 Å². The second-order valence-electron chi connectivity index (χ2n) is 5.92. The Balaban J connectivity index is 1.63. The molecule has 1 saturated heterocycles. The highest BCUT2D eigenvalue weighted by Gasteiger charge is 2.19. The highest BCUT2D eigenvalue weighted by atomic mass is 35.5. The summed E-state index contributed by atoms with van der Waals surface area (Å²) in [5, 5.41) is 0.608. The molecular weight excluding hydrogens is 310 g/mol. The van der Waals surface area contributed by atoms with Gasteiger partial charge >= 0.3 is 0 Å². The molecule has 0 radical (unpaired) electrons. The number of carbonyl (C=O) groups excluding carboxylic acids is 1. The number of aryl methyl sites for hydroxylation is 1. The molecule has 0 aromatic heterocycles. The summed E-state index contributed by atoms with van der Waals surface area (Å²) in [6, 6.07) is 13.3. The van der Waals surface area contributed by atoms with Crippen LogP contribution in [0, 0.1) is 6.92 Å². The highest BCUT2D eigenvalue weighted by Crippen LogP contribution is 2.26. The van der Waals surface area contributed by atoms with Crippen LogP contribution < -0.4 is 4.74 Å². The van der Waals surface area contributed by atoms with Gasteiger partial charge in [-0.15, -0.1) is 0 Å². The minimum absolute atomic E-state index is 0.122. The Bertz CT molecular complexity index is 691. The summed E-state index contributed by atoms with van der Waals surface area (Å²) in [6.45, 7) is 4.18. The normalized spacial score (nSPS) is 14.1. The summed E-state index contributed by atoms with van der Waals surface area (Å²) in [5.74, 6) is 0.806. The summed E-state index contributed by atoms with van der Waals surface area (Å²) < 4.78 is 5.78. The third kappa shape index (κ3) is 3.85. The Labute approximate surface area is 141 Å². The number of rotatable bonds is 4. The molecule has 0 saturated carbocycles. The quantitative estimate of drug-likeness (QED) is 0.828. The molecule has 0 unspecified atom stereocenters. The first-order chi connectivity index (χ1) is 11.1. The van der Waals surface area contributed by atoms with Gasteiger partial charge in [0.2, 0.25) is 0 Å². The van der Waals surface area contributed by atoms with E-state index < -0.39 is 0 Å². The molecule has 23 heavy (non-hydrogen) atoms. The van der Waals surface area contributed by atoms with Gasteiger partial charge in [-0.25, -0.2) is 0 Å². The minimum atomic E-state index is 0.122. The number of likely N-dealkylation sites (tertiary alicyclic amines) is 1. The summed E-state index contributed by atoms with van der Waals surface area (Å²) in [5.41, 5.74) is 2.86. The fourth-order valence-corrected chi connectivity index (χ4v) is 2.90. The molecule has 1 aliphatic rings. The number of halogens is 1. The largest absolute Gasteiger partial charge is 0.487 e. The smallest absolute Gasteiger partial charge is 0.253 e. The van der Waals surface area contributed by atoms with Crippen molar-refractivity contribution >= 4 is 17.5 Å². The van der Waals surface area contributed by atoms with E-state index in [-0.39, 0.29) is 5.91 Å². The monoisotopic (exact) mass is 329 g/mol. The Morgan fingerprint density at radius 1 is 1.13 bits per heavy atom. The number of hydrogen-bond acceptors (Lipinski definition) is 2. The topological polar surface area (TPSA) is 29.5 Å². The van der Waals surface area contributed by atoms with Crippen molar-refractivity contribution in [2.45, 2.75) is 26.4 Å². The number of nitrogens with zero attached hydrogens (tertiary/aromatic N) is 1. The summed E-state index contributed by atoms with van der Waals surface area (Å²) >= 11 is 6.13. The zero-order chi connectivity index (χ0) is 16.2. The first-order valence-corrected chi connectivity index (χ1v) is 8.28. The van der Waals surface area contributed by atoms with Crippen LogP contribution in [0.4, 0.5) is 0 Å². The van der Waals surface area contributed by atoms with Crippen molar-refractivity contribution in [2.24, 2.45) is 0 Å². The molecule has 3 rings (SSSR count). The summed E-state index contributed by atoms with van der Waals surface area (Å²) in [7, 11) is 0. The first-order valence-electron chi connectivity index (χ1n) is 7.90. The van der Waals surface area contributed by atoms with Crippen molar-refractivity contribution in [3.63, 3.8) is 0 Å². The van der Waals surface area contributed by atoms with Crippen LogP contribution in [-0.4, -0.2) is 23.9 Å². The minimum Gasteiger partial charge on any atom is -0.487 e. The number of benzene rings is 2. The van der Waals surface area contributed by atoms with Crippen molar-refractivity contribution in [3.8, 4) is 5.75 Å². The number of hydrogen-bond donors (Lipinski definition) is 0. The van der Waals surface area contributed by atoms with E-state index in [4.69, 9.17) is 16.3 Å². The Kier molecular flexibility index (Phi) is 4.87.